The molecule has 0 radical (unpaired) electrons. The second-order valence-electron chi connectivity index (χ2n) is 6.49. The molecule has 1 aromatic heterocycles. The van der Waals surface area contributed by atoms with Crippen LogP contribution in [0.2, 0.25) is 0 Å². The van der Waals surface area contributed by atoms with Gasteiger partial charge < -0.3 is 19.3 Å². The van der Waals surface area contributed by atoms with E-state index < -0.39 is 0 Å². The van der Waals surface area contributed by atoms with E-state index in [-0.39, 0.29) is 23.3 Å². The minimum Gasteiger partial charge on any atom is -0.467 e. The van der Waals surface area contributed by atoms with Crippen molar-refractivity contribution in [2.24, 2.45) is 5.41 Å². The standard InChI is InChI=1S/C15H25N5O3/c1-15(2,3)11(21)19-7-6-8-20(10-9-19)12-16-13(22-4)18-14(17-12)23-5/h6-10H2,1-5H3. The maximum absolute atomic E-state index is 12.4. The second-order valence-corrected chi connectivity index (χ2v) is 6.49. The molecule has 23 heavy (non-hydrogen) atoms. The predicted octanol–water partition coefficient (Wildman–Crippen LogP) is 0.974. The topological polar surface area (TPSA) is 80.7 Å². The summed E-state index contributed by atoms with van der Waals surface area (Å²) < 4.78 is 10.2. The molecule has 0 aliphatic carbocycles. The van der Waals surface area contributed by atoms with E-state index in [0.717, 1.165) is 19.5 Å². The molecule has 0 N–H and O–H groups in total. The highest BCUT2D eigenvalue weighted by Crippen LogP contribution is 2.21. The summed E-state index contributed by atoms with van der Waals surface area (Å²) >= 11 is 0. The van der Waals surface area contributed by atoms with Gasteiger partial charge in [0, 0.05) is 31.6 Å². The van der Waals surface area contributed by atoms with E-state index in [4.69, 9.17) is 9.47 Å². The molecular weight excluding hydrogens is 298 g/mol. The molecule has 2 rings (SSSR count). The van der Waals surface area contributed by atoms with Gasteiger partial charge in [-0.25, -0.2) is 0 Å². The lowest BCUT2D eigenvalue weighted by Gasteiger charge is -2.28. The first kappa shape index (κ1) is 17.2. The van der Waals surface area contributed by atoms with Gasteiger partial charge in [-0.15, -0.1) is 4.98 Å². The number of aromatic nitrogens is 3. The molecule has 1 aliphatic rings. The predicted molar refractivity (Wildman–Crippen MR) is 85.8 cm³/mol. The molecule has 8 heteroatoms. The highest BCUT2D eigenvalue weighted by molar-refractivity contribution is 5.81. The molecule has 0 aromatic carbocycles. The van der Waals surface area contributed by atoms with Crippen LogP contribution in [0.5, 0.6) is 12.0 Å². The summed E-state index contributed by atoms with van der Waals surface area (Å²) in [4.78, 5) is 29.0. The zero-order valence-corrected chi connectivity index (χ0v) is 14.5. The van der Waals surface area contributed by atoms with Crippen molar-refractivity contribution in [1.29, 1.82) is 0 Å². The SMILES string of the molecule is COc1nc(OC)nc(N2CCCN(C(=O)C(C)(C)C)CC2)n1. The molecule has 1 aliphatic heterocycles. The smallest absolute Gasteiger partial charge is 0.324 e. The first-order valence-corrected chi connectivity index (χ1v) is 7.73. The van der Waals surface area contributed by atoms with E-state index in [2.05, 4.69) is 15.0 Å². The van der Waals surface area contributed by atoms with Gasteiger partial charge in [-0.1, -0.05) is 20.8 Å². The third-order valence-corrected chi connectivity index (χ3v) is 3.66. The van der Waals surface area contributed by atoms with Crippen LogP contribution in [-0.4, -0.2) is 66.2 Å². The van der Waals surface area contributed by atoms with Crippen LogP contribution in [0, 0.1) is 5.41 Å². The van der Waals surface area contributed by atoms with Crippen molar-refractivity contribution < 1.29 is 14.3 Å². The highest BCUT2D eigenvalue weighted by Gasteiger charge is 2.29. The summed E-state index contributed by atoms with van der Waals surface area (Å²) in [6.45, 7) is 8.65. The van der Waals surface area contributed by atoms with Crippen LogP contribution >= 0.6 is 0 Å². The fraction of sp³-hybridized carbons (Fsp3) is 0.733. The second kappa shape index (κ2) is 6.97. The van der Waals surface area contributed by atoms with Gasteiger partial charge in [0.2, 0.25) is 11.9 Å². The number of rotatable bonds is 3. The first-order chi connectivity index (χ1) is 10.8. The van der Waals surface area contributed by atoms with Crippen molar-refractivity contribution in [2.75, 3.05) is 45.3 Å². The van der Waals surface area contributed by atoms with Gasteiger partial charge in [-0.3, -0.25) is 4.79 Å². The Morgan fingerprint density at radius 1 is 0.957 bits per heavy atom. The van der Waals surface area contributed by atoms with Crippen molar-refractivity contribution in [3.8, 4) is 12.0 Å². The lowest BCUT2D eigenvalue weighted by atomic mass is 9.94. The van der Waals surface area contributed by atoms with E-state index in [1.807, 2.05) is 30.6 Å². The molecule has 0 spiro atoms. The summed E-state index contributed by atoms with van der Waals surface area (Å²) in [5.41, 5.74) is -0.366. The quantitative estimate of drug-likeness (QED) is 0.820. The van der Waals surface area contributed by atoms with Crippen LogP contribution in [0.3, 0.4) is 0 Å². The van der Waals surface area contributed by atoms with Crippen LogP contribution < -0.4 is 14.4 Å². The Bertz CT molecular complexity index is 536. The molecule has 8 nitrogen and oxygen atoms in total. The number of hydrogen-bond acceptors (Lipinski definition) is 7. The summed E-state index contributed by atoms with van der Waals surface area (Å²) in [6.07, 6.45) is 0.859. The third kappa shape index (κ3) is 4.20. The van der Waals surface area contributed by atoms with Crippen molar-refractivity contribution >= 4 is 11.9 Å². The Hall–Kier alpha value is -2.12. The van der Waals surface area contributed by atoms with E-state index in [0.29, 0.717) is 19.0 Å². The van der Waals surface area contributed by atoms with Gasteiger partial charge in [0.15, 0.2) is 0 Å². The molecule has 1 saturated heterocycles. The zero-order valence-electron chi connectivity index (χ0n) is 14.5. The van der Waals surface area contributed by atoms with Crippen LogP contribution in [-0.2, 0) is 4.79 Å². The average molecular weight is 323 g/mol. The normalized spacial score (nSPS) is 16.0. The van der Waals surface area contributed by atoms with E-state index in [1.54, 1.807) is 0 Å². The van der Waals surface area contributed by atoms with Crippen molar-refractivity contribution in [2.45, 2.75) is 27.2 Å². The molecule has 1 fully saturated rings. The number of methoxy groups -OCH3 is 2. The Kier molecular flexibility index (Phi) is 5.23. The third-order valence-electron chi connectivity index (χ3n) is 3.66. The molecule has 0 saturated carbocycles. The van der Waals surface area contributed by atoms with Crippen LogP contribution in [0.4, 0.5) is 5.95 Å². The molecule has 0 atom stereocenters. The van der Waals surface area contributed by atoms with Crippen LogP contribution in [0.1, 0.15) is 27.2 Å². The Labute approximate surface area is 136 Å². The van der Waals surface area contributed by atoms with Crippen molar-refractivity contribution in [1.82, 2.24) is 19.9 Å². The molecule has 1 amide bonds. The maximum atomic E-state index is 12.4. The minimum atomic E-state index is -0.366. The zero-order chi connectivity index (χ0) is 17.0. The number of amides is 1. The van der Waals surface area contributed by atoms with Gasteiger partial charge in [-0.05, 0) is 6.42 Å². The number of carbonyl (C=O) groups is 1. The van der Waals surface area contributed by atoms with E-state index in [9.17, 15) is 4.79 Å². The number of hydrogen-bond donors (Lipinski definition) is 0. The number of nitrogens with zero attached hydrogens (tertiary/aromatic N) is 5. The molecule has 0 unspecified atom stereocenters. The Balaban J connectivity index is 2.13. The number of carbonyl (C=O) groups excluding carboxylic acids is 1. The number of ether oxygens (including phenoxy) is 2. The van der Waals surface area contributed by atoms with Crippen LogP contribution in [0.15, 0.2) is 0 Å². The summed E-state index contributed by atoms with van der Waals surface area (Å²) in [6, 6.07) is 0.442. The summed E-state index contributed by atoms with van der Waals surface area (Å²) in [5.74, 6) is 0.684. The van der Waals surface area contributed by atoms with Crippen molar-refractivity contribution in [3.05, 3.63) is 0 Å². The monoisotopic (exact) mass is 323 g/mol. The van der Waals surface area contributed by atoms with E-state index >= 15 is 0 Å². The summed E-state index contributed by atoms with van der Waals surface area (Å²) in [5, 5.41) is 0. The summed E-state index contributed by atoms with van der Waals surface area (Å²) in [7, 11) is 3.01. The van der Waals surface area contributed by atoms with Gasteiger partial charge in [0.1, 0.15) is 0 Å². The van der Waals surface area contributed by atoms with Gasteiger partial charge in [0.25, 0.3) is 0 Å². The molecule has 2 heterocycles. The molecule has 0 bridgehead atoms. The lowest BCUT2D eigenvalue weighted by Crippen LogP contribution is -2.41. The maximum Gasteiger partial charge on any atom is 0.324 e. The van der Waals surface area contributed by atoms with Gasteiger partial charge >= 0.3 is 12.0 Å². The van der Waals surface area contributed by atoms with E-state index in [1.165, 1.54) is 14.2 Å². The first-order valence-electron chi connectivity index (χ1n) is 7.73. The average Bonchev–Trinajstić information content (AvgIpc) is 2.78. The Morgan fingerprint density at radius 3 is 2.09 bits per heavy atom. The van der Waals surface area contributed by atoms with Gasteiger partial charge in [-0.2, -0.15) is 9.97 Å². The fourth-order valence-corrected chi connectivity index (χ4v) is 2.45. The van der Waals surface area contributed by atoms with Crippen LogP contribution in [0.25, 0.3) is 0 Å². The highest BCUT2D eigenvalue weighted by atomic mass is 16.5. The molecule has 128 valence electrons. The lowest BCUT2D eigenvalue weighted by molar-refractivity contribution is -0.139. The largest absolute Gasteiger partial charge is 0.467 e. The molecule has 1 aromatic rings. The molecular formula is C15H25N5O3. The fourth-order valence-electron chi connectivity index (χ4n) is 2.45. The van der Waals surface area contributed by atoms with Gasteiger partial charge in [0.05, 0.1) is 14.2 Å². The number of anilines is 1. The van der Waals surface area contributed by atoms with Crippen molar-refractivity contribution in [3.63, 3.8) is 0 Å². The Morgan fingerprint density at radius 2 is 1.57 bits per heavy atom. The minimum absolute atomic E-state index is 0.171.